The summed E-state index contributed by atoms with van der Waals surface area (Å²) in [5.74, 6) is 0.0567. The summed E-state index contributed by atoms with van der Waals surface area (Å²) in [4.78, 5) is 17.6. The highest BCUT2D eigenvalue weighted by Gasteiger charge is 2.17. The third kappa shape index (κ3) is 3.04. The second kappa shape index (κ2) is 6.60. The van der Waals surface area contributed by atoms with E-state index in [1.165, 1.54) is 0 Å². The van der Waals surface area contributed by atoms with Crippen LogP contribution in [0.1, 0.15) is 32.7 Å². The van der Waals surface area contributed by atoms with Gasteiger partial charge in [0.05, 0.1) is 11.2 Å². The van der Waals surface area contributed by atoms with Crippen LogP contribution in [0.4, 0.5) is 0 Å². The van der Waals surface area contributed by atoms with E-state index >= 15 is 0 Å². The van der Waals surface area contributed by atoms with Crippen molar-refractivity contribution in [1.29, 1.82) is 0 Å². The van der Waals surface area contributed by atoms with E-state index < -0.39 is 0 Å². The number of para-hydroxylation sites is 1. The molecule has 26 heavy (non-hydrogen) atoms. The number of carbonyl (C=O) groups is 1. The summed E-state index contributed by atoms with van der Waals surface area (Å²) in [6.07, 6.45) is 3.86. The SMILES string of the molecule is Cc1ccc(C(=O)c2c(C)ccn2Cc2cnc3ccccc3c2)cc1. The predicted molar refractivity (Wildman–Crippen MR) is 105 cm³/mol. The highest BCUT2D eigenvalue weighted by atomic mass is 16.1. The highest BCUT2D eigenvalue weighted by Crippen LogP contribution is 2.19. The van der Waals surface area contributed by atoms with Gasteiger partial charge in [-0.15, -0.1) is 0 Å². The van der Waals surface area contributed by atoms with Gasteiger partial charge in [0.1, 0.15) is 0 Å². The molecule has 2 heterocycles. The highest BCUT2D eigenvalue weighted by molar-refractivity contribution is 6.08. The average molecular weight is 340 g/mol. The van der Waals surface area contributed by atoms with Gasteiger partial charge in [0.25, 0.3) is 0 Å². The Kier molecular flexibility index (Phi) is 4.13. The number of ketones is 1. The first-order valence-electron chi connectivity index (χ1n) is 8.72. The van der Waals surface area contributed by atoms with Gasteiger partial charge < -0.3 is 4.57 Å². The van der Waals surface area contributed by atoms with Crippen molar-refractivity contribution in [3.63, 3.8) is 0 Å². The Balaban J connectivity index is 1.69. The maximum Gasteiger partial charge on any atom is 0.209 e. The smallest absolute Gasteiger partial charge is 0.209 e. The molecule has 0 unspecified atom stereocenters. The standard InChI is InChI=1S/C23H20N2O/c1-16-7-9-19(10-8-16)23(26)22-17(2)11-12-25(22)15-18-13-20-5-3-4-6-21(20)24-14-18/h3-14H,15H2,1-2H3. The van der Waals surface area contributed by atoms with Gasteiger partial charge in [-0.25, -0.2) is 0 Å². The molecule has 128 valence electrons. The molecule has 2 aromatic carbocycles. The Labute approximate surface area is 152 Å². The molecular formula is C23H20N2O. The van der Waals surface area contributed by atoms with Crippen molar-refractivity contribution in [1.82, 2.24) is 9.55 Å². The summed E-state index contributed by atoms with van der Waals surface area (Å²) in [7, 11) is 0. The predicted octanol–water partition coefficient (Wildman–Crippen LogP) is 4.93. The Morgan fingerprint density at radius 1 is 1.00 bits per heavy atom. The van der Waals surface area contributed by atoms with Crippen LogP contribution in [0.25, 0.3) is 10.9 Å². The van der Waals surface area contributed by atoms with Gasteiger partial charge in [-0.05, 0) is 43.2 Å². The zero-order valence-electron chi connectivity index (χ0n) is 14.9. The van der Waals surface area contributed by atoms with Gasteiger partial charge in [0.2, 0.25) is 5.78 Å². The molecule has 0 spiro atoms. The molecule has 0 radical (unpaired) electrons. The maximum atomic E-state index is 13.0. The molecule has 4 aromatic rings. The summed E-state index contributed by atoms with van der Waals surface area (Å²) in [6, 6.07) is 19.9. The zero-order chi connectivity index (χ0) is 18.1. The minimum Gasteiger partial charge on any atom is -0.340 e. The molecule has 0 atom stereocenters. The fraction of sp³-hybridized carbons (Fsp3) is 0.130. The summed E-state index contributed by atoms with van der Waals surface area (Å²) in [5, 5.41) is 1.11. The molecule has 3 heteroatoms. The molecule has 4 rings (SSSR count). The lowest BCUT2D eigenvalue weighted by atomic mass is 10.0. The molecule has 2 aromatic heterocycles. The van der Waals surface area contributed by atoms with Gasteiger partial charge in [0.15, 0.2) is 0 Å². The normalized spacial score (nSPS) is 11.0. The quantitative estimate of drug-likeness (QED) is 0.494. The van der Waals surface area contributed by atoms with E-state index in [0.29, 0.717) is 6.54 Å². The first-order valence-corrected chi connectivity index (χ1v) is 8.72. The third-order valence-electron chi connectivity index (χ3n) is 4.69. The number of fused-ring (bicyclic) bond motifs is 1. The van der Waals surface area contributed by atoms with Crippen LogP contribution in [-0.4, -0.2) is 15.3 Å². The van der Waals surface area contributed by atoms with E-state index in [1.807, 2.05) is 79.3 Å². The van der Waals surface area contributed by atoms with E-state index in [-0.39, 0.29) is 5.78 Å². The topological polar surface area (TPSA) is 34.9 Å². The fourth-order valence-electron chi connectivity index (χ4n) is 3.26. The Morgan fingerprint density at radius 2 is 1.77 bits per heavy atom. The fourth-order valence-corrected chi connectivity index (χ4v) is 3.26. The first-order chi connectivity index (χ1) is 12.6. The monoisotopic (exact) mass is 340 g/mol. The van der Waals surface area contributed by atoms with Crippen LogP contribution in [-0.2, 0) is 6.54 Å². The number of pyridine rings is 1. The molecule has 0 aliphatic heterocycles. The summed E-state index contributed by atoms with van der Waals surface area (Å²) < 4.78 is 2.02. The van der Waals surface area contributed by atoms with Crippen LogP contribution in [0, 0.1) is 13.8 Å². The van der Waals surface area contributed by atoms with E-state index in [4.69, 9.17) is 0 Å². The molecule has 0 fully saturated rings. The Hall–Kier alpha value is -3.20. The lowest BCUT2D eigenvalue weighted by Gasteiger charge is -2.11. The van der Waals surface area contributed by atoms with Crippen LogP contribution >= 0.6 is 0 Å². The number of nitrogens with zero attached hydrogens (tertiary/aromatic N) is 2. The number of benzene rings is 2. The van der Waals surface area contributed by atoms with E-state index in [0.717, 1.165) is 38.9 Å². The molecule has 0 bridgehead atoms. The van der Waals surface area contributed by atoms with Crippen molar-refractivity contribution in [2.75, 3.05) is 0 Å². The molecule has 0 saturated heterocycles. The lowest BCUT2D eigenvalue weighted by molar-refractivity contribution is 0.103. The third-order valence-corrected chi connectivity index (χ3v) is 4.69. The van der Waals surface area contributed by atoms with E-state index in [9.17, 15) is 4.79 Å². The molecule has 3 nitrogen and oxygen atoms in total. The van der Waals surface area contributed by atoms with Crippen LogP contribution in [0.2, 0.25) is 0 Å². The number of rotatable bonds is 4. The average Bonchev–Trinajstić information content (AvgIpc) is 3.02. The second-order valence-corrected chi connectivity index (χ2v) is 6.71. The van der Waals surface area contributed by atoms with Crippen LogP contribution in [0.3, 0.4) is 0 Å². The number of aromatic nitrogens is 2. The van der Waals surface area contributed by atoms with Crippen LogP contribution < -0.4 is 0 Å². The van der Waals surface area contributed by atoms with Crippen LogP contribution in [0.5, 0.6) is 0 Å². The largest absolute Gasteiger partial charge is 0.340 e. The maximum absolute atomic E-state index is 13.0. The van der Waals surface area contributed by atoms with Crippen molar-refractivity contribution >= 4 is 16.7 Å². The van der Waals surface area contributed by atoms with Crippen molar-refractivity contribution < 1.29 is 4.79 Å². The summed E-state index contributed by atoms with van der Waals surface area (Å²) in [6.45, 7) is 4.63. The summed E-state index contributed by atoms with van der Waals surface area (Å²) >= 11 is 0. The number of carbonyl (C=O) groups excluding carboxylic acids is 1. The molecule has 0 N–H and O–H groups in total. The Morgan fingerprint density at radius 3 is 2.58 bits per heavy atom. The molecule has 0 amide bonds. The minimum absolute atomic E-state index is 0.0567. The first kappa shape index (κ1) is 16.3. The number of aryl methyl sites for hydroxylation is 2. The van der Waals surface area contributed by atoms with Crippen molar-refractivity contribution in [3.05, 3.63) is 101 Å². The van der Waals surface area contributed by atoms with Crippen LogP contribution in [0.15, 0.2) is 73.1 Å². The van der Waals surface area contributed by atoms with E-state index in [1.54, 1.807) is 0 Å². The molecule has 0 saturated carbocycles. The van der Waals surface area contributed by atoms with E-state index in [2.05, 4.69) is 17.1 Å². The van der Waals surface area contributed by atoms with Crippen molar-refractivity contribution in [2.24, 2.45) is 0 Å². The van der Waals surface area contributed by atoms with Crippen molar-refractivity contribution in [3.8, 4) is 0 Å². The van der Waals surface area contributed by atoms with Gasteiger partial charge in [-0.2, -0.15) is 0 Å². The van der Waals surface area contributed by atoms with Crippen molar-refractivity contribution in [2.45, 2.75) is 20.4 Å². The minimum atomic E-state index is 0.0567. The molecular weight excluding hydrogens is 320 g/mol. The number of hydrogen-bond donors (Lipinski definition) is 0. The Bertz CT molecular complexity index is 1090. The second-order valence-electron chi connectivity index (χ2n) is 6.71. The van der Waals surface area contributed by atoms with Gasteiger partial charge in [-0.3, -0.25) is 9.78 Å². The zero-order valence-corrected chi connectivity index (χ0v) is 14.9. The van der Waals surface area contributed by atoms with Gasteiger partial charge >= 0.3 is 0 Å². The molecule has 0 aliphatic rings. The summed E-state index contributed by atoms with van der Waals surface area (Å²) in [5.41, 5.74) is 5.66. The number of hydrogen-bond acceptors (Lipinski definition) is 2. The molecule has 0 aliphatic carbocycles. The lowest BCUT2D eigenvalue weighted by Crippen LogP contribution is -2.12. The van der Waals surface area contributed by atoms with Gasteiger partial charge in [-0.1, -0.05) is 48.0 Å². The van der Waals surface area contributed by atoms with Gasteiger partial charge in [0, 0.05) is 29.9 Å².